The van der Waals surface area contributed by atoms with Crippen molar-refractivity contribution in [2.45, 2.75) is 25.4 Å². The van der Waals surface area contributed by atoms with Gasteiger partial charge in [-0.15, -0.1) is 0 Å². The number of likely N-dealkylation sites (N-methyl/N-ethyl adjacent to an activating group) is 1. The molecule has 2 N–H and O–H groups in total. The molecule has 0 bridgehead atoms. The SMILES string of the molecule is CN(CC1CCCCO1)S(=O)(=O)CCN. The fourth-order valence-electron chi connectivity index (χ4n) is 1.66. The minimum atomic E-state index is -3.18. The topological polar surface area (TPSA) is 72.6 Å². The summed E-state index contributed by atoms with van der Waals surface area (Å²) < 4.78 is 30.0. The molecule has 1 unspecified atom stereocenters. The van der Waals surface area contributed by atoms with Gasteiger partial charge in [0.2, 0.25) is 10.0 Å². The lowest BCUT2D eigenvalue weighted by atomic mass is 10.1. The molecule has 1 fully saturated rings. The fourth-order valence-corrected chi connectivity index (χ4v) is 2.66. The van der Waals surface area contributed by atoms with Crippen molar-refractivity contribution in [1.29, 1.82) is 0 Å². The van der Waals surface area contributed by atoms with Gasteiger partial charge in [-0.25, -0.2) is 12.7 Å². The van der Waals surface area contributed by atoms with Crippen LogP contribution in [-0.2, 0) is 14.8 Å². The van der Waals surface area contributed by atoms with Crippen molar-refractivity contribution >= 4 is 10.0 Å². The number of hydrogen-bond donors (Lipinski definition) is 1. The summed E-state index contributed by atoms with van der Waals surface area (Å²) in [5.74, 6) is 0.0101. The fraction of sp³-hybridized carbons (Fsp3) is 1.00. The Kier molecular flexibility index (Phi) is 4.98. The van der Waals surface area contributed by atoms with Crippen molar-refractivity contribution in [2.24, 2.45) is 5.73 Å². The second kappa shape index (κ2) is 5.79. The second-order valence-electron chi connectivity index (χ2n) is 3.87. The molecule has 0 amide bonds. The number of hydrogen-bond acceptors (Lipinski definition) is 4. The molecule has 0 aromatic heterocycles. The van der Waals surface area contributed by atoms with Gasteiger partial charge in [-0.05, 0) is 19.3 Å². The molecule has 0 spiro atoms. The van der Waals surface area contributed by atoms with Crippen LogP contribution in [0.4, 0.5) is 0 Å². The van der Waals surface area contributed by atoms with Gasteiger partial charge in [-0.3, -0.25) is 0 Å². The Hall–Kier alpha value is -0.170. The smallest absolute Gasteiger partial charge is 0.215 e. The Morgan fingerprint density at radius 3 is 2.73 bits per heavy atom. The van der Waals surface area contributed by atoms with E-state index in [1.807, 2.05) is 0 Å². The third kappa shape index (κ3) is 4.06. The lowest BCUT2D eigenvalue weighted by molar-refractivity contribution is 0.00860. The summed E-state index contributed by atoms with van der Waals surface area (Å²) in [4.78, 5) is 0. The Morgan fingerprint density at radius 2 is 2.20 bits per heavy atom. The van der Waals surface area contributed by atoms with Crippen molar-refractivity contribution in [2.75, 3.05) is 32.5 Å². The molecular formula is C9H20N2O3S. The molecule has 90 valence electrons. The molecule has 1 heterocycles. The largest absolute Gasteiger partial charge is 0.377 e. The van der Waals surface area contributed by atoms with E-state index in [2.05, 4.69) is 0 Å². The lowest BCUT2D eigenvalue weighted by Crippen LogP contribution is -2.39. The quantitative estimate of drug-likeness (QED) is 0.716. The molecule has 1 aliphatic rings. The van der Waals surface area contributed by atoms with Crippen LogP contribution in [0.15, 0.2) is 0 Å². The molecule has 6 heteroatoms. The van der Waals surface area contributed by atoms with Crippen LogP contribution in [-0.4, -0.2) is 51.3 Å². The van der Waals surface area contributed by atoms with Gasteiger partial charge in [-0.1, -0.05) is 0 Å². The summed E-state index contributed by atoms with van der Waals surface area (Å²) in [5.41, 5.74) is 5.25. The van der Waals surface area contributed by atoms with Crippen molar-refractivity contribution in [3.63, 3.8) is 0 Å². The van der Waals surface area contributed by atoms with Gasteiger partial charge in [-0.2, -0.15) is 0 Å². The molecule has 0 aliphatic carbocycles. The van der Waals surface area contributed by atoms with Crippen molar-refractivity contribution in [1.82, 2.24) is 4.31 Å². The van der Waals surface area contributed by atoms with Gasteiger partial charge in [0, 0.05) is 26.7 Å². The van der Waals surface area contributed by atoms with Crippen LogP contribution in [0.2, 0.25) is 0 Å². The van der Waals surface area contributed by atoms with Gasteiger partial charge in [0.05, 0.1) is 11.9 Å². The summed E-state index contributed by atoms with van der Waals surface area (Å²) >= 11 is 0. The average molecular weight is 236 g/mol. The summed E-state index contributed by atoms with van der Waals surface area (Å²) in [6.45, 7) is 1.36. The minimum Gasteiger partial charge on any atom is -0.377 e. The van der Waals surface area contributed by atoms with E-state index in [0.29, 0.717) is 6.54 Å². The van der Waals surface area contributed by atoms with Gasteiger partial charge in [0.25, 0.3) is 0 Å². The highest BCUT2D eigenvalue weighted by molar-refractivity contribution is 7.89. The zero-order chi connectivity index (χ0) is 11.3. The molecule has 5 nitrogen and oxygen atoms in total. The highest BCUT2D eigenvalue weighted by Crippen LogP contribution is 2.14. The van der Waals surface area contributed by atoms with Crippen LogP contribution in [0, 0.1) is 0 Å². The standard InChI is InChI=1S/C9H20N2O3S/c1-11(15(12,13)7-5-10)8-9-4-2-3-6-14-9/h9H,2-8,10H2,1H3. The summed E-state index contributed by atoms with van der Waals surface area (Å²) in [6, 6.07) is 0. The molecule has 1 rings (SSSR count). The van der Waals surface area contributed by atoms with Crippen LogP contribution >= 0.6 is 0 Å². The maximum absolute atomic E-state index is 11.6. The number of sulfonamides is 1. The van der Waals surface area contributed by atoms with E-state index in [4.69, 9.17) is 10.5 Å². The summed E-state index contributed by atoms with van der Waals surface area (Å²) in [6.07, 6.45) is 3.20. The Bertz CT molecular complexity index is 273. The molecule has 0 saturated carbocycles. The average Bonchev–Trinajstić information content (AvgIpc) is 2.19. The van der Waals surface area contributed by atoms with Crippen LogP contribution in [0.3, 0.4) is 0 Å². The van der Waals surface area contributed by atoms with Crippen LogP contribution in [0.5, 0.6) is 0 Å². The predicted molar refractivity (Wildman–Crippen MR) is 59.1 cm³/mol. The van der Waals surface area contributed by atoms with E-state index < -0.39 is 10.0 Å². The zero-order valence-corrected chi connectivity index (χ0v) is 10.0. The molecule has 1 saturated heterocycles. The van der Waals surface area contributed by atoms with Crippen molar-refractivity contribution in [3.05, 3.63) is 0 Å². The first-order valence-electron chi connectivity index (χ1n) is 5.32. The van der Waals surface area contributed by atoms with Gasteiger partial charge in [0.15, 0.2) is 0 Å². The Morgan fingerprint density at radius 1 is 1.47 bits per heavy atom. The van der Waals surface area contributed by atoms with E-state index in [1.54, 1.807) is 7.05 Å². The summed E-state index contributed by atoms with van der Waals surface area (Å²) in [7, 11) is -1.60. The lowest BCUT2D eigenvalue weighted by Gasteiger charge is -2.26. The van der Waals surface area contributed by atoms with Crippen LogP contribution in [0.1, 0.15) is 19.3 Å². The Balaban J connectivity index is 2.43. The Labute approximate surface area is 91.6 Å². The van der Waals surface area contributed by atoms with Gasteiger partial charge >= 0.3 is 0 Å². The van der Waals surface area contributed by atoms with E-state index in [0.717, 1.165) is 25.9 Å². The molecular weight excluding hydrogens is 216 g/mol. The van der Waals surface area contributed by atoms with E-state index in [9.17, 15) is 8.42 Å². The summed E-state index contributed by atoms with van der Waals surface area (Å²) in [5, 5.41) is 0. The van der Waals surface area contributed by atoms with E-state index >= 15 is 0 Å². The van der Waals surface area contributed by atoms with Crippen LogP contribution in [0.25, 0.3) is 0 Å². The van der Waals surface area contributed by atoms with Crippen molar-refractivity contribution < 1.29 is 13.2 Å². The monoisotopic (exact) mass is 236 g/mol. The van der Waals surface area contributed by atoms with Crippen molar-refractivity contribution in [3.8, 4) is 0 Å². The molecule has 0 radical (unpaired) electrons. The first kappa shape index (κ1) is 12.9. The molecule has 0 aromatic rings. The highest BCUT2D eigenvalue weighted by atomic mass is 32.2. The maximum atomic E-state index is 11.6. The van der Waals surface area contributed by atoms with Gasteiger partial charge < -0.3 is 10.5 Å². The molecule has 0 aromatic carbocycles. The third-order valence-electron chi connectivity index (χ3n) is 2.59. The highest BCUT2D eigenvalue weighted by Gasteiger charge is 2.22. The minimum absolute atomic E-state index is 0.0101. The number of nitrogens with two attached hydrogens (primary N) is 1. The normalized spacial score (nSPS) is 23.3. The number of ether oxygens (including phenoxy) is 1. The van der Waals surface area contributed by atoms with E-state index in [1.165, 1.54) is 4.31 Å². The molecule has 1 aliphatic heterocycles. The number of nitrogens with zero attached hydrogens (tertiary/aromatic N) is 1. The number of rotatable bonds is 5. The predicted octanol–water partition coefficient (Wildman–Crippen LogP) is -0.224. The second-order valence-corrected chi connectivity index (χ2v) is 6.07. The first-order chi connectivity index (χ1) is 7.06. The van der Waals surface area contributed by atoms with Gasteiger partial charge in [0.1, 0.15) is 0 Å². The first-order valence-corrected chi connectivity index (χ1v) is 6.93. The van der Waals surface area contributed by atoms with Crippen LogP contribution < -0.4 is 5.73 Å². The molecule has 15 heavy (non-hydrogen) atoms. The maximum Gasteiger partial charge on any atom is 0.215 e. The molecule has 1 atom stereocenters. The third-order valence-corrected chi connectivity index (χ3v) is 4.44. The van der Waals surface area contributed by atoms with E-state index in [-0.39, 0.29) is 18.4 Å². The zero-order valence-electron chi connectivity index (χ0n) is 9.18.